The van der Waals surface area contributed by atoms with Crippen molar-refractivity contribution in [1.29, 1.82) is 0 Å². The monoisotopic (exact) mass is 340 g/mol. The molecule has 2 amide bonds. The van der Waals surface area contributed by atoms with E-state index in [-0.39, 0.29) is 5.75 Å². The lowest BCUT2D eigenvalue weighted by atomic mass is 10.1. The number of phenols is 1. The third kappa shape index (κ3) is 3.16. The minimum Gasteiger partial charge on any atom is -0.507 e. The molecule has 0 atom stereocenters. The molecule has 3 N–H and O–H groups in total. The number of carbonyl (C=O) groups excluding carboxylic acids is 2. The second-order valence-electron chi connectivity index (χ2n) is 5.07. The summed E-state index contributed by atoms with van der Waals surface area (Å²) in [7, 11) is 0. The van der Waals surface area contributed by atoms with Gasteiger partial charge in [-0.05, 0) is 24.3 Å². The average Bonchev–Trinajstić information content (AvgIpc) is 2.58. The minimum absolute atomic E-state index is 0.101. The van der Waals surface area contributed by atoms with Crippen LogP contribution in [0.3, 0.4) is 0 Å². The Morgan fingerprint density at radius 2 is 1.33 bits per heavy atom. The van der Waals surface area contributed by atoms with Crippen LogP contribution in [0.1, 0.15) is 0 Å². The number of carbonyl (C=O) groups is 2. The van der Waals surface area contributed by atoms with Crippen LogP contribution in [0.5, 0.6) is 5.75 Å². The highest BCUT2D eigenvalue weighted by Crippen LogP contribution is 2.29. The summed E-state index contributed by atoms with van der Waals surface area (Å²) in [6.07, 6.45) is 0. The molecule has 0 aromatic heterocycles. The van der Waals surface area contributed by atoms with Crippen LogP contribution >= 0.6 is 11.6 Å². The molecule has 0 unspecified atom stereocenters. The Hall–Kier alpha value is -3.05. The number of amides is 2. The molecule has 0 aliphatic rings. The highest BCUT2D eigenvalue weighted by molar-refractivity contribution is 6.45. The first-order valence-corrected chi connectivity index (χ1v) is 7.51. The van der Waals surface area contributed by atoms with Crippen LogP contribution in [0.25, 0.3) is 10.8 Å². The molecule has 0 radical (unpaired) electrons. The van der Waals surface area contributed by atoms with E-state index in [1.165, 1.54) is 0 Å². The topological polar surface area (TPSA) is 78.4 Å². The maximum absolute atomic E-state index is 12.1. The fraction of sp³-hybridized carbons (Fsp3) is 0. The SMILES string of the molecule is O=C(Nc1ccccc1Cl)C(=O)Nc1cccc2c(O)cccc12. The van der Waals surface area contributed by atoms with E-state index >= 15 is 0 Å². The molecular weight excluding hydrogens is 328 g/mol. The molecule has 0 fully saturated rings. The van der Waals surface area contributed by atoms with Gasteiger partial charge in [0.15, 0.2) is 0 Å². The van der Waals surface area contributed by atoms with E-state index in [2.05, 4.69) is 10.6 Å². The smallest absolute Gasteiger partial charge is 0.314 e. The quantitative estimate of drug-likeness (QED) is 0.621. The summed E-state index contributed by atoms with van der Waals surface area (Å²) in [6.45, 7) is 0. The van der Waals surface area contributed by atoms with Gasteiger partial charge in [-0.2, -0.15) is 0 Å². The summed E-state index contributed by atoms with van der Waals surface area (Å²) in [6, 6.07) is 16.7. The summed E-state index contributed by atoms with van der Waals surface area (Å²) < 4.78 is 0. The van der Waals surface area contributed by atoms with Crippen LogP contribution in [0, 0.1) is 0 Å². The second-order valence-corrected chi connectivity index (χ2v) is 5.47. The lowest BCUT2D eigenvalue weighted by Gasteiger charge is -2.10. The summed E-state index contributed by atoms with van der Waals surface area (Å²) >= 11 is 5.95. The number of aromatic hydroxyl groups is 1. The molecule has 24 heavy (non-hydrogen) atoms. The van der Waals surface area contributed by atoms with E-state index in [9.17, 15) is 14.7 Å². The van der Waals surface area contributed by atoms with Gasteiger partial charge in [0.2, 0.25) is 0 Å². The van der Waals surface area contributed by atoms with Gasteiger partial charge >= 0.3 is 11.8 Å². The second kappa shape index (κ2) is 6.60. The van der Waals surface area contributed by atoms with Crippen LogP contribution in [-0.2, 0) is 9.59 Å². The lowest BCUT2D eigenvalue weighted by Crippen LogP contribution is -2.29. The van der Waals surface area contributed by atoms with Crippen LogP contribution < -0.4 is 10.6 Å². The van der Waals surface area contributed by atoms with E-state index in [1.807, 2.05) is 0 Å². The molecule has 0 bridgehead atoms. The van der Waals surface area contributed by atoms with Gasteiger partial charge in [-0.25, -0.2) is 0 Å². The molecule has 0 heterocycles. The molecule has 3 rings (SSSR count). The van der Waals surface area contributed by atoms with Crippen molar-refractivity contribution >= 4 is 45.6 Å². The molecule has 6 heteroatoms. The Morgan fingerprint density at radius 1 is 0.750 bits per heavy atom. The number of anilines is 2. The van der Waals surface area contributed by atoms with Crippen LogP contribution in [0.15, 0.2) is 60.7 Å². The van der Waals surface area contributed by atoms with E-state index in [1.54, 1.807) is 60.7 Å². The Balaban J connectivity index is 1.81. The zero-order valence-electron chi connectivity index (χ0n) is 12.4. The van der Waals surface area contributed by atoms with Crippen molar-refractivity contribution in [2.45, 2.75) is 0 Å². The largest absolute Gasteiger partial charge is 0.507 e. The van der Waals surface area contributed by atoms with Gasteiger partial charge in [0.1, 0.15) is 5.75 Å². The number of phenolic OH excluding ortho intramolecular Hbond substituents is 1. The standard InChI is InChI=1S/C18H13ClN2O3/c19-13-7-1-2-8-15(13)21-18(24)17(23)20-14-9-3-6-12-11(14)5-4-10-16(12)22/h1-10,22H,(H,20,23)(H,21,24). The average molecular weight is 341 g/mol. The molecule has 0 aliphatic heterocycles. The Labute approximate surface area is 142 Å². The third-order valence-electron chi connectivity index (χ3n) is 3.48. The van der Waals surface area contributed by atoms with Crippen LogP contribution in [-0.4, -0.2) is 16.9 Å². The van der Waals surface area contributed by atoms with Gasteiger partial charge in [-0.1, -0.05) is 48.0 Å². The van der Waals surface area contributed by atoms with Crippen molar-refractivity contribution in [3.05, 3.63) is 65.7 Å². The highest BCUT2D eigenvalue weighted by Gasteiger charge is 2.16. The molecule has 0 saturated heterocycles. The van der Waals surface area contributed by atoms with Crippen molar-refractivity contribution in [2.75, 3.05) is 10.6 Å². The van der Waals surface area contributed by atoms with Crippen molar-refractivity contribution in [2.24, 2.45) is 0 Å². The number of para-hydroxylation sites is 1. The van der Waals surface area contributed by atoms with Crippen molar-refractivity contribution in [3.63, 3.8) is 0 Å². The molecule has 3 aromatic carbocycles. The highest BCUT2D eigenvalue weighted by atomic mass is 35.5. The lowest BCUT2D eigenvalue weighted by molar-refractivity contribution is -0.132. The molecular formula is C18H13ClN2O3. The fourth-order valence-corrected chi connectivity index (χ4v) is 2.51. The van der Waals surface area contributed by atoms with Gasteiger partial charge in [-0.15, -0.1) is 0 Å². The summed E-state index contributed by atoms with van der Waals surface area (Å²) in [4.78, 5) is 24.2. The molecule has 3 aromatic rings. The van der Waals surface area contributed by atoms with Gasteiger partial charge in [0, 0.05) is 16.5 Å². The number of benzene rings is 3. The number of nitrogens with one attached hydrogen (secondary N) is 2. The number of hydrogen-bond acceptors (Lipinski definition) is 3. The fourth-order valence-electron chi connectivity index (χ4n) is 2.32. The maximum atomic E-state index is 12.1. The number of halogens is 1. The molecule has 0 spiro atoms. The number of rotatable bonds is 2. The maximum Gasteiger partial charge on any atom is 0.314 e. The Morgan fingerprint density at radius 3 is 2.08 bits per heavy atom. The normalized spacial score (nSPS) is 10.4. The Kier molecular flexibility index (Phi) is 4.35. The van der Waals surface area contributed by atoms with Gasteiger partial charge in [0.05, 0.1) is 10.7 Å². The van der Waals surface area contributed by atoms with E-state index < -0.39 is 11.8 Å². The minimum atomic E-state index is -0.833. The zero-order valence-corrected chi connectivity index (χ0v) is 13.2. The molecule has 120 valence electrons. The van der Waals surface area contributed by atoms with Crippen molar-refractivity contribution in [3.8, 4) is 5.75 Å². The molecule has 0 aliphatic carbocycles. The van der Waals surface area contributed by atoms with Crippen molar-refractivity contribution in [1.82, 2.24) is 0 Å². The van der Waals surface area contributed by atoms with E-state index in [4.69, 9.17) is 11.6 Å². The third-order valence-corrected chi connectivity index (χ3v) is 3.81. The van der Waals surface area contributed by atoms with Crippen LogP contribution in [0.2, 0.25) is 5.02 Å². The predicted octanol–water partition coefficient (Wildman–Crippen LogP) is 3.78. The first kappa shape index (κ1) is 15.8. The molecule has 0 saturated carbocycles. The first-order valence-electron chi connectivity index (χ1n) is 7.14. The molecule has 5 nitrogen and oxygen atoms in total. The summed E-state index contributed by atoms with van der Waals surface area (Å²) in [5.41, 5.74) is 0.789. The number of hydrogen-bond donors (Lipinski definition) is 3. The van der Waals surface area contributed by atoms with Crippen molar-refractivity contribution < 1.29 is 14.7 Å². The predicted molar refractivity (Wildman–Crippen MR) is 94.3 cm³/mol. The summed E-state index contributed by atoms with van der Waals surface area (Å²) in [5, 5.41) is 16.4. The van der Waals surface area contributed by atoms with Crippen LogP contribution in [0.4, 0.5) is 11.4 Å². The Bertz CT molecular complexity index is 940. The van der Waals surface area contributed by atoms with Gasteiger partial charge < -0.3 is 15.7 Å². The van der Waals surface area contributed by atoms with Gasteiger partial charge in [-0.3, -0.25) is 9.59 Å². The first-order chi connectivity index (χ1) is 11.6. The van der Waals surface area contributed by atoms with E-state index in [0.29, 0.717) is 27.2 Å². The zero-order chi connectivity index (χ0) is 17.1. The summed E-state index contributed by atoms with van der Waals surface area (Å²) in [5.74, 6) is -1.56. The van der Waals surface area contributed by atoms with E-state index in [0.717, 1.165) is 0 Å². The van der Waals surface area contributed by atoms with Gasteiger partial charge in [0.25, 0.3) is 0 Å². The number of fused-ring (bicyclic) bond motifs is 1.